The molecule has 0 fully saturated rings. The Morgan fingerprint density at radius 2 is 1.57 bits per heavy atom. The molecule has 0 saturated heterocycles. The van der Waals surface area contributed by atoms with Gasteiger partial charge in [-0.25, -0.2) is 4.39 Å². The van der Waals surface area contributed by atoms with E-state index >= 15 is 0 Å². The Bertz CT molecular complexity index is 1970. The fourth-order valence-electron chi connectivity index (χ4n) is 4.98. The molecule has 0 unspecified atom stereocenters. The molecule has 0 saturated carbocycles. The standard InChI is InChI=1S/C33H24FN2O/c1-20-9-14-26-28-17-22(18-35)16-27(25-12-10-24(11-13-25)23-7-5-4-6-8-23)32(28)37-33(26)31(20)30-15-21(2)29(34)19-36(30)3/h4-17,19H,1-3H3/q+1/i2D3. The van der Waals surface area contributed by atoms with Crippen LogP contribution < -0.4 is 4.57 Å². The predicted molar refractivity (Wildman–Crippen MR) is 145 cm³/mol. The van der Waals surface area contributed by atoms with E-state index in [0.29, 0.717) is 28.0 Å². The van der Waals surface area contributed by atoms with Gasteiger partial charge in [0.1, 0.15) is 18.2 Å². The minimum Gasteiger partial charge on any atom is -0.454 e. The fourth-order valence-corrected chi connectivity index (χ4v) is 4.98. The molecule has 0 amide bonds. The molecule has 0 spiro atoms. The molecule has 0 aliphatic carbocycles. The number of aryl methyl sites for hydroxylation is 3. The molecule has 0 aliphatic rings. The van der Waals surface area contributed by atoms with Gasteiger partial charge in [0.05, 0.1) is 17.2 Å². The number of rotatable bonds is 3. The van der Waals surface area contributed by atoms with Crippen molar-refractivity contribution in [3.05, 3.63) is 114 Å². The summed E-state index contributed by atoms with van der Waals surface area (Å²) >= 11 is 0. The second-order valence-electron chi connectivity index (χ2n) is 9.22. The normalized spacial score (nSPS) is 12.8. The summed E-state index contributed by atoms with van der Waals surface area (Å²) < 4.78 is 46.2. The summed E-state index contributed by atoms with van der Waals surface area (Å²) in [6, 6.07) is 29.3. The number of pyridine rings is 1. The third-order valence-corrected chi connectivity index (χ3v) is 6.86. The second-order valence-corrected chi connectivity index (χ2v) is 9.22. The molecule has 37 heavy (non-hydrogen) atoms. The molecule has 4 heteroatoms. The molecule has 2 aromatic heterocycles. The quantitative estimate of drug-likeness (QED) is 0.238. The van der Waals surface area contributed by atoms with E-state index in [4.69, 9.17) is 8.53 Å². The van der Waals surface area contributed by atoms with Crippen LogP contribution in [-0.2, 0) is 7.05 Å². The molecule has 3 nitrogen and oxygen atoms in total. The van der Waals surface area contributed by atoms with Crippen LogP contribution in [0.1, 0.15) is 20.8 Å². The number of hydrogen-bond acceptors (Lipinski definition) is 2. The van der Waals surface area contributed by atoms with Crippen molar-refractivity contribution in [2.24, 2.45) is 7.05 Å². The lowest BCUT2D eigenvalue weighted by atomic mass is 9.96. The predicted octanol–water partition coefficient (Wildman–Crippen LogP) is 8.04. The first-order valence-corrected chi connectivity index (χ1v) is 11.9. The summed E-state index contributed by atoms with van der Waals surface area (Å²) in [6.07, 6.45) is 1.19. The van der Waals surface area contributed by atoms with Crippen LogP contribution in [-0.4, -0.2) is 0 Å². The molecule has 0 radical (unpaired) electrons. The average Bonchev–Trinajstić information content (AvgIpc) is 3.31. The number of nitrogens with zero attached hydrogens (tertiary/aromatic N) is 2. The van der Waals surface area contributed by atoms with Gasteiger partial charge in [0.25, 0.3) is 0 Å². The molecular weight excluding hydrogens is 459 g/mol. The Balaban J connectivity index is 1.61. The number of nitriles is 1. The van der Waals surface area contributed by atoms with Gasteiger partial charge in [-0.1, -0.05) is 66.7 Å². The van der Waals surface area contributed by atoms with Gasteiger partial charge < -0.3 is 4.42 Å². The van der Waals surface area contributed by atoms with E-state index in [0.717, 1.165) is 38.6 Å². The Kier molecular flexibility index (Phi) is 4.58. The summed E-state index contributed by atoms with van der Waals surface area (Å²) in [5.41, 5.74) is 7.21. The van der Waals surface area contributed by atoms with E-state index in [1.807, 2.05) is 67.6 Å². The lowest BCUT2D eigenvalue weighted by molar-refractivity contribution is -0.662. The lowest BCUT2D eigenvalue weighted by Crippen LogP contribution is -2.31. The van der Waals surface area contributed by atoms with Gasteiger partial charge in [-0.3, -0.25) is 0 Å². The molecule has 6 rings (SSSR count). The Morgan fingerprint density at radius 3 is 2.30 bits per heavy atom. The van der Waals surface area contributed by atoms with Crippen molar-refractivity contribution in [1.29, 1.82) is 5.26 Å². The third kappa shape index (κ3) is 3.77. The summed E-state index contributed by atoms with van der Waals surface area (Å²) in [4.78, 5) is 0. The molecule has 0 bridgehead atoms. The van der Waals surface area contributed by atoms with E-state index in [-0.39, 0.29) is 5.56 Å². The van der Waals surface area contributed by atoms with Gasteiger partial charge in [-0.2, -0.15) is 9.83 Å². The molecule has 0 N–H and O–H groups in total. The largest absolute Gasteiger partial charge is 0.454 e. The zero-order chi connectivity index (χ0) is 28.2. The fraction of sp³-hybridized carbons (Fsp3) is 0.0909. The van der Waals surface area contributed by atoms with Crippen molar-refractivity contribution >= 4 is 21.9 Å². The summed E-state index contributed by atoms with van der Waals surface area (Å²) in [7, 11) is 1.68. The Morgan fingerprint density at radius 1 is 0.838 bits per heavy atom. The highest BCUT2D eigenvalue weighted by Gasteiger charge is 2.23. The van der Waals surface area contributed by atoms with Crippen molar-refractivity contribution in [2.75, 3.05) is 0 Å². The maximum absolute atomic E-state index is 14.6. The first-order chi connectivity index (χ1) is 19.2. The van der Waals surface area contributed by atoms with Crippen molar-refractivity contribution in [1.82, 2.24) is 0 Å². The number of halogens is 1. The van der Waals surface area contributed by atoms with Gasteiger partial charge in [0.15, 0.2) is 5.82 Å². The second kappa shape index (κ2) is 8.72. The van der Waals surface area contributed by atoms with Crippen LogP contribution in [0.15, 0.2) is 95.5 Å². The van der Waals surface area contributed by atoms with E-state index in [2.05, 4.69) is 18.2 Å². The molecule has 0 atom stereocenters. The van der Waals surface area contributed by atoms with Gasteiger partial charge in [-0.05, 0) is 53.7 Å². The number of benzene rings is 4. The van der Waals surface area contributed by atoms with E-state index in [1.54, 1.807) is 17.7 Å². The Labute approximate surface area is 218 Å². The highest BCUT2D eigenvalue weighted by atomic mass is 19.1. The van der Waals surface area contributed by atoms with Crippen LogP contribution >= 0.6 is 0 Å². The monoisotopic (exact) mass is 486 g/mol. The molecule has 2 heterocycles. The molecular formula is C33H24FN2O+. The number of aromatic nitrogens is 1. The maximum Gasteiger partial charge on any atom is 0.216 e. The topological polar surface area (TPSA) is 40.8 Å². The summed E-state index contributed by atoms with van der Waals surface area (Å²) in [5, 5.41) is 11.4. The highest BCUT2D eigenvalue weighted by molar-refractivity contribution is 6.13. The maximum atomic E-state index is 14.6. The smallest absolute Gasteiger partial charge is 0.216 e. The van der Waals surface area contributed by atoms with Gasteiger partial charge in [0, 0.05) is 26.5 Å². The van der Waals surface area contributed by atoms with Crippen LogP contribution in [0.25, 0.3) is 55.4 Å². The zero-order valence-corrected chi connectivity index (χ0v) is 20.3. The van der Waals surface area contributed by atoms with Crippen LogP contribution in [0.4, 0.5) is 4.39 Å². The minimum atomic E-state index is -2.61. The van der Waals surface area contributed by atoms with E-state index in [1.165, 1.54) is 12.3 Å². The van der Waals surface area contributed by atoms with Crippen LogP contribution in [0, 0.1) is 30.9 Å². The first kappa shape index (κ1) is 19.4. The van der Waals surface area contributed by atoms with Gasteiger partial charge in [0.2, 0.25) is 11.9 Å². The van der Waals surface area contributed by atoms with Crippen LogP contribution in [0.3, 0.4) is 0 Å². The van der Waals surface area contributed by atoms with Crippen molar-refractivity contribution in [2.45, 2.75) is 13.8 Å². The molecule has 0 aliphatic heterocycles. The van der Waals surface area contributed by atoms with Crippen molar-refractivity contribution in [3.8, 4) is 39.6 Å². The Hall–Kier alpha value is -4.75. The van der Waals surface area contributed by atoms with E-state index < -0.39 is 12.7 Å². The number of furan rings is 1. The molecule has 178 valence electrons. The van der Waals surface area contributed by atoms with E-state index in [9.17, 15) is 9.65 Å². The van der Waals surface area contributed by atoms with Gasteiger partial charge in [-0.15, -0.1) is 0 Å². The SMILES string of the molecule is [2H]C([2H])([2H])c1cc(-c2c(C)ccc3c2oc2c(-c4ccc(-c5ccccc5)cc4)cc(C#N)cc23)[n+](C)cc1F. The first-order valence-electron chi connectivity index (χ1n) is 13.4. The molecule has 6 aromatic rings. The average molecular weight is 487 g/mol. The minimum absolute atomic E-state index is 0.348. The van der Waals surface area contributed by atoms with Gasteiger partial charge >= 0.3 is 0 Å². The molecule has 4 aromatic carbocycles. The lowest BCUT2D eigenvalue weighted by Gasteiger charge is -2.07. The summed E-state index contributed by atoms with van der Waals surface area (Å²) in [6.45, 7) is -0.701. The number of fused-ring (bicyclic) bond motifs is 3. The van der Waals surface area contributed by atoms with Crippen LogP contribution in [0.5, 0.6) is 0 Å². The van der Waals surface area contributed by atoms with Crippen molar-refractivity contribution < 1.29 is 17.5 Å². The number of hydrogen-bond donors (Lipinski definition) is 0. The van der Waals surface area contributed by atoms with Crippen LogP contribution in [0.2, 0.25) is 0 Å². The highest BCUT2D eigenvalue weighted by Crippen LogP contribution is 2.41. The van der Waals surface area contributed by atoms with Crippen molar-refractivity contribution in [3.63, 3.8) is 0 Å². The third-order valence-electron chi connectivity index (χ3n) is 6.86. The zero-order valence-electron chi connectivity index (χ0n) is 23.3. The summed E-state index contributed by atoms with van der Waals surface area (Å²) in [5.74, 6) is -0.791.